The third-order valence-corrected chi connectivity index (χ3v) is 5.03. The summed E-state index contributed by atoms with van der Waals surface area (Å²) in [4.78, 5) is 49.4. The third kappa shape index (κ3) is 14.6. The summed E-state index contributed by atoms with van der Waals surface area (Å²) in [6.45, 7) is 5.77. The van der Waals surface area contributed by atoms with Crippen molar-refractivity contribution in [3.05, 3.63) is 0 Å². The monoisotopic (exact) mass is 514 g/mol. The van der Waals surface area contributed by atoms with Crippen molar-refractivity contribution in [1.82, 2.24) is 26.6 Å². The highest BCUT2D eigenvalue weighted by Gasteiger charge is 2.28. The highest BCUT2D eigenvalue weighted by molar-refractivity contribution is 5.93. The molecule has 0 heterocycles. The van der Waals surface area contributed by atoms with Gasteiger partial charge in [0.1, 0.15) is 18.1 Å². The van der Waals surface area contributed by atoms with Crippen molar-refractivity contribution >= 4 is 35.6 Å². The maximum absolute atomic E-state index is 12.9. The standard InChI is InChI=1S/C21H42N10O5/c1-11(2)10-13(22)17(33)30-14(6-4-8-27-20(23)24)18(34)29-12(3)16(32)31-15(19(35)36)7-5-9-28-21(25)26/h11-15H,4-10,22H2,1-3H3,(H,29,34)(H,30,33)(H,31,32)(H,35,36)(H4,23,24,27)(H4,25,26,28)/t12-,13-,14-,15-/m0/s1. The van der Waals surface area contributed by atoms with E-state index in [2.05, 4.69) is 26.6 Å². The molecule has 3 amide bonds. The summed E-state index contributed by atoms with van der Waals surface area (Å²) >= 11 is 0. The van der Waals surface area contributed by atoms with Gasteiger partial charge in [0.15, 0.2) is 11.9 Å². The number of carboxylic acids is 1. The summed E-state index contributed by atoms with van der Waals surface area (Å²) in [5.41, 5.74) is 16.3. The minimum atomic E-state index is -1.24. The van der Waals surface area contributed by atoms with Gasteiger partial charge >= 0.3 is 5.97 Å². The third-order valence-electron chi connectivity index (χ3n) is 5.03. The Morgan fingerprint density at radius 1 is 0.778 bits per heavy atom. The highest BCUT2D eigenvalue weighted by Crippen LogP contribution is 2.05. The molecule has 0 fully saturated rings. The van der Waals surface area contributed by atoms with Gasteiger partial charge in [0.05, 0.1) is 6.04 Å². The molecule has 15 nitrogen and oxygen atoms in total. The van der Waals surface area contributed by atoms with Crippen LogP contribution >= 0.6 is 0 Å². The summed E-state index contributed by atoms with van der Waals surface area (Å²) < 4.78 is 0. The number of hydrogen-bond acceptors (Lipinski definition) is 7. The van der Waals surface area contributed by atoms with Gasteiger partial charge in [0.2, 0.25) is 17.7 Å². The van der Waals surface area contributed by atoms with Crippen molar-refractivity contribution in [2.24, 2.45) is 23.1 Å². The SMILES string of the molecule is CC(C)C[C@H](N)C(=O)N[C@@H](CCCNC(=N)N)C(=O)N[C@@H](C)C(=O)N[C@@H](CCCNC(=N)N)C(=O)O. The first-order chi connectivity index (χ1) is 16.7. The van der Waals surface area contributed by atoms with Crippen molar-refractivity contribution < 1.29 is 24.3 Å². The molecule has 0 bridgehead atoms. The predicted molar refractivity (Wildman–Crippen MR) is 135 cm³/mol. The average molecular weight is 515 g/mol. The normalized spacial score (nSPS) is 14.0. The van der Waals surface area contributed by atoms with E-state index in [1.54, 1.807) is 0 Å². The maximum atomic E-state index is 12.9. The molecule has 0 unspecified atom stereocenters. The smallest absolute Gasteiger partial charge is 0.326 e. The van der Waals surface area contributed by atoms with Crippen molar-refractivity contribution in [3.8, 4) is 0 Å². The topological polar surface area (TPSA) is 274 Å². The van der Waals surface area contributed by atoms with Crippen LogP contribution in [0.2, 0.25) is 0 Å². The Morgan fingerprint density at radius 3 is 1.69 bits per heavy atom. The minimum Gasteiger partial charge on any atom is -0.480 e. The van der Waals surface area contributed by atoms with Gasteiger partial charge in [-0.25, -0.2) is 4.79 Å². The second kappa shape index (κ2) is 16.9. The Bertz CT molecular complexity index is 776. The molecule has 4 atom stereocenters. The van der Waals surface area contributed by atoms with Gasteiger partial charge < -0.3 is 48.9 Å². The van der Waals surface area contributed by atoms with Crippen LogP contribution in [0, 0.1) is 16.7 Å². The summed E-state index contributed by atoms with van der Waals surface area (Å²) in [6, 6.07) is -4.11. The van der Waals surface area contributed by atoms with E-state index in [0.717, 1.165) is 0 Å². The lowest BCUT2D eigenvalue weighted by Gasteiger charge is -2.24. The number of aliphatic carboxylic acids is 1. The molecule has 0 aromatic heterocycles. The molecule has 0 saturated carbocycles. The first kappa shape index (κ1) is 32.4. The van der Waals surface area contributed by atoms with Crippen LogP contribution in [-0.4, -0.2) is 78.0 Å². The summed E-state index contributed by atoms with van der Waals surface area (Å²) in [5.74, 6) is -3.40. The lowest BCUT2D eigenvalue weighted by atomic mass is 10.0. The Labute approximate surface area is 211 Å². The lowest BCUT2D eigenvalue weighted by molar-refractivity contribution is -0.142. The van der Waals surface area contributed by atoms with Crippen molar-refractivity contribution in [1.29, 1.82) is 10.8 Å². The predicted octanol–water partition coefficient (Wildman–Crippen LogP) is -2.55. The van der Waals surface area contributed by atoms with Gasteiger partial charge in [-0.15, -0.1) is 0 Å². The van der Waals surface area contributed by atoms with Crippen LogP contribution in [0.4, 0.5) is 0 Å². The van der Waals surface area contributed by atoms with Crippen LogP contribution < -0.4 is 43.8 Å². The number of rotatable bonds is 17. The van der Waals surface area contributed by atoms with E-state index in [4.69, 9.17) is 28.0 Å². The van der Waals surface area contributed by atoms with Gasteiger partial charge in [-0.1, -0.05) is 13.8 Å². The molecule has 0 aliphatic rings. The number of carboxylic acid groups (broad SMARTS) is 1. The van der Waals surface area contributed by atoms with E-state index < -0.39 is 47.9 Å². The molecule has 0 saturated heterocycles. The Morgan fingerprint density at radius 2 is 1.25 bits per heavy atom. The van der Waals surface area contributed by atoms with Gasteiger partial charge in [-0.05, 0) is 44.9 Å². The Balaban J connectivity index is 5.10. The molecule has 0 aromatic carbocycles. The second-order valence-electron chi connectivity index (χ2n) is 8.89. The van der Waals surface area contributed by atoms with Crippen LogP contribution in [0.3, 0.4) is 0 Å². The molecule has 14 N–H and O–H groups in total. The van der Waals surface area contributed by atoms with Crippen LogP contribution in [0.5, 0.6) is 0 Å². The quantitative estimate of drug-likeness (QED) is 0.0548. The van der Waals surface area contributed by atoms with E-state index in [-0.39, 0.29) is 37.2 Å². The molecule has 0 spiro atoms. The molecule has 206 valence electrons. The van der Waals surface area contributed by atoms with Crippen LogP contribution in [-0.2, 0) is 19.2 Å². The zero-order chi connectivity index (χ0) is 27.8. The first-order valence-corrected chi connectivity index (χ1v) is 11.8. The number of amides is 3. The molecule has 0 aromatic rings. The minimum absolute atomic E-state index is 0.0809. The maximum Gasteiger partial charge on any atom is 0.326 e. The van der Waals surface area contributed by atoms with E-state index in [1.165, 1.54) is 6.92 Å². The molecule has 36 heavy (non-hydrogen) atoms. The fourth-order valence-corrected chi connectivity index (χ4v) is 3.15. The van der Waals surface area contributed by atoms with E-state index in [9.17, 15) is 24.3 Å². The molecule has 0 aliphatic heterocycles. The van der Waals surface area contributed by atoms with Crippen LogP contribution in [0.1, 0.15) is 52.9 Å². The molecule has 0 aliphatic carbocycles. The van der Waals surface area contributed by atoms with E-state index in [1.807, 2.05) is 13.8 Å². The van der Waals surface area contributed by atoms with Gasteiger partial charge in [0, 0.05) is 13.1 Å². The number of hydrogen-bond donors (Lipinski definition) is 11. The van der Waals surface area contributed by atoms with E-state index in [0.29, 0.717) is 25.8 Å². The van der Waals surface area contributed by atoms with Crippen molar-refractivity contribution in [2.75, 3.05) is 13.1 Å². The van der Waals surface area contributed by atoms with Crippen LogP contribution in [0.25, 0.3) is 0 Å². The molecule has 15 heteroatoms. The summed E-state index contributed by atoms with van der Waals surface area (Å²) in [6.07, 6.45) is 1.40. The zero-order valence-electron chi connectivity index (χ0n) is 21.1. The summed E-state index contributed by atoms with van der Waals surface area (Å²) in [7, 11) is 0. The van der Waals surface area contributed by atoms with Gasteiger partial charge in [-0.2, -0.15) is 0 Å². The Hall–Kier alpha value is -3.62. The van der Waals surface area contributed by atoms with Gasteiger partial charge in [0.25, 0.3) is 0 Å². The highest BCUT2D eigenvalue weighted by atomic mass is 16.4. The Kier molecular flexibility index (Phi) is 15.2. The zero-order valence-corrected chi connectivity index (χ0v) is 21.1. The summed E-state index contributed by atoms with van der Waals surface area (Å²) in [5, 5.41) is 36.3. The fraction of sp³-hybridized carbons (Fsp3) is 0.714. The second-order valence-corrected chi connectivity index (χ2v) is 8.89. The molecule has 0 radical (unpaired) electrons. The first-order valence-electron chi connectivity index (χ1n) is 11.8. The van der Waals surface area contributed by atoms with Gasteiger partial charge in [-0.3, -0.25) is 25.2 Å². The largest absolute Gasteiger partial charge is 0.480 e. The average Bonchev–Trinajstić information content (AvgIpc) is 2.76. The van der Waals surface area contributed by atoms with Crippen molar-refractivity contribution in [2.45, 2.75) is 77.0 Å². The number of guanidine groups is 2. The van der Waals surface area contributed by atoms with Crippen LogP contribution in [0.15, 0.2) is 0 Å². The van der Waals surface area contributed by atoms with Crippen molar-refractivity contribution in [3.63, 3.8) is 0 Å². The number of carbonyl (C=O) groups is 4. The molecular formula is C21H42N10O5. The molecule has 0 rings (SSSR count). The number of nitrogens with one attached hydrogen (secondary N) is 7. The lowest BCUT2D eigenvalue weighted by Crippen LogP contribution is -2.56. The molecular weight excluding hydrogens is 472 g/mol. The number of carbonyl (C=O) groups excluding carboxylic acids is 3. The number of nitrogens with two attached hydrogens (primary N) is 3. The van der Waals surface area contributed by atoms with E-state index >= 15 is 0 Å². The fourth-order valence-electron chi connectivity index (χ4n) is 3.15.